The van der Waals surface area contributed by atoms with E-state index in [0.29, 0.717) is 0 Å². The number of hydrogen-bond donors (Lipinski definition) is 0. The molecule has 0 spiro atoms. The van der Waals surface area contributed by atoms with Crippen molar-refractivity contribution in [3.63, 3.8) is 0 Å². The summed E-state index contributed by atoms with van der Waals surface area (Å²) < 4.78 is 15.2. The van der Waals surface area contributed by atoms with Gasteiger partial charge in [-0.15, -0.1) is 0 Å². The van der Waals surface area contributed by atoms with Crippen LogP contribution in [-0.4, -0.2) is 11.3 Å². The van der Waals surface area contributed by atoms with E-state index < -0.39 is 0 Å². The molecule has 40 heavy (non-hydrogen) atoms. The molecule has 0 amide bonds. The molecule has 1 aromatic heterocycles. The molecular formula is C36H22BNO2. The highest BCUT2D eigenvalue weighted by molar-refractivity contribution is 6.98. The Morgan fingerprint density at radius 1 is 0.450 bits per heavy atom. The van der Waals surface area contributed by atoms with Crippen LogP contribution in [0, 0.1) is 0 Å². The van der Waals surface area contributed by atoms with Gasteiger partial charge in [-0.05, 0) is 70.6 Å². The van der Waals surface area contributed by atoms with Crippen molar-refractivity contribution in [1.82, 2.24) is 4.57 Å². The summed E-state index contributed by atoms with van der Waals surface area (Å²) in [5.41, 5.74) is 9.29. The molecule has 0 atom stereocenters. The highest BCUT2D eigenvalue weighted by Gasteiger charge is 2.39. The van der Waals surface area contributed by atoms with Crippen LogP contribution in [0.5, 0.6) is 23.0 Å². The van der Waals surface area contributed by atoms with Gasteiger partial charge < -0.3 is 14.0 Å². The Hall–Kier alpha value is -5.22. The molecule has 186 valence electrons. The minimum Gasteiger partial charge on any atom is -0.458 e. The Bertz CT molecular complexity index is 2130. The fourth-order valence-corrected chi connectivity index (χ4v) is 6.56. The van der Waals surface area contributed by atoms with Gasteiger partial charge in [0.25, 0.3) is 6.71 Å². The second-order valence-electron chi connectivity index (χ2n) is 10.5. The van der Waals surface area contributed by atoms with Crippen molar-refractivity contribution in [2.75, 3.05) is 0 Å². The van der Waals surface area contributed by atoms with Crippen LogP contribution in [0.15, 0.2) is 133 Å². The molecule has 0 N–H and O–H groups in total. The van der Waals surface area contributed by atoms with Crippen molar-refractivity contribution < 1.29 is 9.47 Å². The third-order valence-corrected chi connectivity index (χ3v) is 8.33. The second kappa shape index (κ2) is 8.14. The minimum absolute atomic E-state index is 0.0806. The fraction of sp³-hybridized carbons (Fsp3) is 0. The molecular weight excluding hydrogens is 489 g/mol. The summed E-state index contributed by atoms with van der Waals surface area (Å²) >= 11 is 0. The van der Waals surface area contributed by atoms with Crippen molar-refractivity contribution in [3.8, 4) is 39.8 Å². The fourth-order valence-electron chi connectivity index (χ4n) is 6.56. The maximum atomic E-state index is 6.54. The molecule has 0 aliphatic carbocycles. The quantitative estimate of drug-likeness (QED) is 0.230. The number of para-hydroxylation sites is 3. The van der Waals surface area contributed by atoms with Crippen molar-refractivity contribution >= 4 is 44.9 Å². The first-order valence-corrected chi connectivity index (χ1v) is 13.6. The van der Waals surface area contributed by atoms with Crippen LogP contribution in [0.2, 0.25) is 0 Å². The topological polar surface area (TPSA) is 23.4 Å². The molecule has 7 aromatic rings. The predicted octanol–water partition coefficient (Wildman–Crippen LogP) is 7.18. The first-order chi connectivity index (χ1) is 19.8. The molecule has 0 saturated heterocycles. The Labute approximate surface area is 231 Å². The highest BCUT2D eigenvalue weighted by atomic mass is 16.5. The third-order valence-electron chi connectivity index (χ3n) is 8.33. The molecule has 4 heteroatoms. The van der Waals surface area contributed by atoms with Gasteiger partial charge in [0, 0.05) is 21.9 Å². The van der Waals surface area contributed by atoms with Crippen molar-refractivity contribution in [2.45, 2.75) is 0 Å². The van der Waals surface area contributed by atoms with E-state index in [-0.39, 0.29) is 6.71 Å². The van der Waals surface area contributed by atoms with E-state index in [9.17, 15) is 0 Å². The summed E-state index contributed by atoms with van der Waals surface area (Å²) in [5, 5.41) is 2.50. The first kappa shape index (κ1) is 21.7. The van der Waals surface area contributed by atoms with E-state index in [1.165, 1.54) is 32.7 Å². The number of fused-ring (bicyclic) bond motifs is 7. The molecule has 0 bridgehead atoms. The van der Waals surface area contributed by atoms with Gasteiger partial charge in [0.1, 0.15) is 23.0 Å². The van der Waals surface area contributed by atoms with E-state index in [0.717, 1.165) is 45.3 Å². The van der Waals surface area contributed by atoms with Gasteiger partial charge in [-0.1, -0.05) is 84.9 Å². The zero-order chi connectivity index (χ0) is 26.2. The lowest BCUT2D eigenvalue weighted by Gasteiger charge is -2.32. The standard InChI is InChI=1S/C36H22BNO2/c1-2-9-25(10-3-1)38-30-13-6-4-11-26(30)27-19-17-23(21-31(27)38)24-18-20-29-35(22-24)40-34-16-8-15-33-36(34)37(29)28-12-5-7-14-32(28)39-33/h1-22H. The summed E-state index contributed by atoms with van der Waals surface area (Å²) in [4.78, 5) is 0. The maximum absolute atomic E-state index is 6.54. The van der Waals surface area contributed by atoms with Gasteiger partial charge in [0.2, 0.25) is 0 Å². The third kappa shape index (κ3) is 3.02. The van der Waals surface area contributed by atoms with Crippen LogP contribution < -0.4 is 25.9 Å². The highest BCUT2D eigenvalue weighted by Crippen LogP contribution is 2.38. The number of nitrogens with zero attached hydrogens (tertiary/aromatic N) is 1. The van der Waals surface area contributed by atoms with E-state index >= 15 is 0 Å². The number of benzene rings is 6. The molecule has 0 unspecified atom stereocenters. The van der Waals surface area contributed by atoms with Gasteiger partial charge in [-0.25, -0.2) is 0 Å². The molecule has 0 fully saturated rings. The molecule has 2 aliphatic rings. The molecule has 3 nitrogen and oxygen atoms in total. The average Bonchev–Trinajstić information content (AvgIpc) is 3.35. The van der Waals surface area contributed by atoms with Gasteiger partial charge in [-0.3, -0.25) is 0 Å². The lowest BCUT2D eigenvalue weighted by Crippen LogP contribution is -2.57. The van der Waals surface area contributed by atoms with Gasteiger partial charge in [-0.2, -0.15) is 0 Å². The summed E-state index contributed by atoms with van der Waals surface area (Å²) in [7, 11) is 0. The lowest BCUT2D eigenvalue weighted by atomic mass is 9.35. The SMILES string of the molecule is c1ccc(-n2c3ccccc3c3ccc(-c4ccc5c(c4)Oc4cccc6c4B5c4ccccc4O6)cc32)cc1. The summed E-state index contributed by atoms with van der Waals surface area (Å²) in [6.45, 7) is 0.0806. The van der Waals surface area contributed by atoms with Crippen LogP contribution in [0.25, 0.3) is 38.6 Å². The Morgan fingerprint density at radius 3 is 2.00 bits per heavy atom. The van der Waals surface area contributed by atoms with Crippen molar-refractivity contribution in [3.05, 3.63) is 133 Å². The largest absolute Gasteiger partial charge is 0.458 e. The van der Waals surface area contributed by atoms with Gasteiger partial charge >= 0.3 is 0 Å². The average molecular weight is 511 g/mol. The monoisotopic (exact) mass is 511 g/mol. The number of ether oxygens (including phenoxy) is 2. The molecule has 2 aliphatic heterocycles. The van der Waals surface area contributed by atoms with Gasteiger partial charge in [0.05, 0.1) is 11.0 Å². The Morgan fingerprint density at radius 2 is 1.10 bits per heavy atom. The summed E-state index contributed by atoms with van der Waals surface area (Å²) in [6.07, 6.45) is 0. The maximum Gasteiger partial charge on any atom is 0.260 e. The Balaban J connectivity index is 1.23. The van der Waals surface area contributed by atoms with Crippen LogP contribution in [-0.2, 0) is 0 Å². The van der Waals surface area contributed by atoms with Crippen LogP contribution in [0.1, 0.15) is 0 Å². The number of rotatable bonds is 2. The molecule has 0 saturated carbocycles. The normalized spacial score (nSPS) is 12.8. The van der Waals surface area contributed by atoms with Gasteiger partial charge in [0.15, 0.2) is 0 Å². The molecule has 9 rings (SSSR count). The lowest BCUT2D eigenvalue weighted by molar-refractivity contribution is 0.464. The predicted molar refractivity (Wildman–Crippen MR) is 164 cm³/mol. The molecule has 6 aromatic carbocycles. The van der Waals surface area contributed by atoms with Crippen LogP contribution >= 0.6 is 0 Å². The molecule has 0 radical (unpaired) electrons. The second-order valence-corrected chi connectivity index (χ2v) is 10.5. The zero-order valence-electron chi connectivity index (χ0n) is 21.5. The molecule has 3 heterocycles. The summed E-state index contributed by atoms with van der Waals surface area (Å²) in [6, 6.07) is 47.1. The van der Waals surface area contributed by atoms with Crippen molar-refractivity contribution in [1.29, 1.82) is 0 Å². The van der Waals surface area contributed by atoms with E-state index in [1.54, 1.807) is 0 Å². The Kier molecular flexibility index (Phi) is 4.41. The first-order valence-electron chi connectivity index (χ1n) is 13.6. The van der Waals surface area contributed by atoms with E-state index in [1.807, 2.05) is 24.3 Å². The van der Waals surface area contributed by atoms with Crippen molar-refractivity contribution in [2.24, 2.45) is 0 Å². The van der Waals surface area contributed by atoms with Crippen LogP contribution in [0.3, 0.4) is 0 Å². The summed E-state index contributed by atoms with van der Waals surface area (Å²) in [5.74, 6) is 3.54. The van der Waals surface area contributed by atoms with E-state index in [4.69, 9.17) is 9.47 Å². The minimum atomic E-state index is 0.0806. The zero-order valence-corrected chi connectivity index (χ0v) is 21.5. The number of hydrogen-bond acceptors (Lipinski definition) is 2. The van der Waals surface area contributed by atoms with Crippen LogP contribution in [0.4, 0.5) is 0 Å². The number of aromatic nitrogens is 1. The van der Waals surface area contributed by atoms with E-state index in [2.05, 4.69) is 114 Å². The smallest absolute Gasteiger partial charge is 0.260 e.